The first-order chi connectivity index (χ1) is 11.0. The first kappa shape index (κ1) is 17.1. The summed E-state index contributed by atoms with van der Waals surface area (Å²) in [4.78, 5) is 23.0. The van der Waals surface area contributed by atoms with Crippen LogP contribution in [-0.4, -0.2) is 20.9 Å². The van der Waals surface area contributed by atoms with Gasteiger partial charge in [0.1, 0.15) is 0 Å². The molecule has 2 rings (SSSR count). The van der Waals surface area contributed by atoms with Crippen LogP contribution in [0.1, 0.15) is 30.7 Å². The number of hydrogen-bond donors (Lipinski definition) is 2. The molecule has 0 radical (unpaired) electrons. The Kier molecular flexibility index (Phi) is 6.28. The lowest BCUT2D eigenvalue weighted by Crippen LogP contribution is -2.10. The zero-order valence-corrected chi connectivity index (χ0v) is 14.1. The van der Waals surface area contributed by atoms with Crippen molar-refractivity contribution in [2.24, 2.45) is 0 Å². The Morgan fingerprint density at radius 1 is 1.04 bits per heavy atom. The van der Waals surface area contributed by atoms with Gasteiger partial charge >= 0.3 is 5.97 Å². The van der Waals surface area contributed by atoms with Crippen LogP contribution in [0.15, 0.2) is 28.7 Å². The fourth-order valence-corrected chi connectivity index (χ4v) is 2.25. The molecule has 0 aliphatic heterocycles. The maximum absolute atomic E-state index is 11.7. The van der Waals surface area contributed by atoms with E-state index >= 15 is 0 Å². The third-order valence-electron chi connectivity index (χ3n) is 3.09. The van der Waals surface area contributed by atoms with Crippen molar-refractivity contribution in [2.75, 3.05) is 11.5 Å². The normalized spacial score (nSPS) is 10.5. The summed E-state index contributed by atoms with van der Waals surface area (Å²) in [5, 5.41) is 0. The van der Waals surface area contributed by atoms with Crippen LogP contribution in [0.25, 0.3) is 0 Å². The maximum atomic E-state index is 11.7. The highest BCUT2D eigenvalue weighted by Crippen LogP contribution is 2.13. The van der Waals surface area contributed by atoms with Gasteiger partial charge in [-0.25, -0.2) is 0 Å². The number of anilines is 2. The number of ether oxygens (including phenoxy) is 1. The van der Waals surface area contributed by atoms with Crippen LogP contribution in [0.2, 0.25) is 0 Å². The summed E-state index contributed by atoms with van der Waals surface area (Å²) < 4.78 is 6.16. The SMILES string of the molecule is Nc1nc(N)nc(COC(=O)CCCCc2ccc(Br)cc2)n1. The highest BCUT2D eigenvalue weighted by Gasteiger charge is 2.07. The second-order valence-corrected chi connectivity index (χ2v) is 5.88. The van der Waals surface area contributed by atoms with E-state index in [4.69, 9.17) is 16.2 Å². The number of aryl methyl sites for hydroxylation is 1. The fourth-order valence-electron chi connectivity index (χ4n) is 1.99. The molecule has 0 aliphatic carbocycles. The molecular formula is C15H18BrN5O2. The van der Waals surface area contributed by atoms with Gasteiger partial charge < -0.3 is 16.2 Å². The standard InChI is InChI=1S/C15H18BrN5O2/c16-11-7-5-10(6-8-11)3-1-2-4-13(22)23-9-12-19-14(17)21-15(18)20-12/h5-8H,1-4,9H2,(H4,17,18,19,20,21). The van der Waals surface area contributed by atoms with Gasteiger partial charge in [-0.3, -0.25) is 4.79 Å². The lowest BCUT2D eigenvalue weighted by Gasteiger charge is -2.05. The van der Waals surface area contributed by atoms with E-state index in [9.17, 15) is 4.79 Å². The Labute approximate surface area is 142 Å². The van der Waals surface area contributed by atoms with E-state index in [1.165, 1.54) is 5.56 Å². The van der Waals surface area contributed by atoms with E-state index in [1.807, 2.05) is 12.1 Å². The van der Waals surface area contributed by atoms with Crippen molar-refractivity contribution in [3.05, 3.63) is 40.1 Å². The zero-order valence-electron chi connectivity index (χ0n) is 12.5. The summed E-state index contributed by atoms with van der Waals surface area (Å²) in [6.45, 7) is -0.0531. The number of benzene rings is 1. The average Bonchev–Trinajstić information content (AvgIpc) is 2.50. The van der Waals surface area contributed by atoms with Crippen molar-refractivity contribution in [1.82, 2.24) is 15.0 Å². The van der Waals surface area contributed by atoms with Gasteiger partial charge in [0.2, 0.25) is 11.9 Å². The minimum Gasteiger partial charge on any atom is -0.457 e. The molecule has 2 aromatic rings. The maximum Gasteiger partial charge on any atom is 0.306 e. The summed E-state index contributed by atoms with van der Waals surface area (Å²) in [6, 6.07) is 8.15. The van der Waals surface area contributed by atoms with Crippen LogP contribution in [0.3, 0.4) is 0 Å². The quantitative estimate of drug-likeness (QED) is 0.559. The van der Waals surface area contributed by atoms with E-state index in [1.54, 1.807) is 0 Å². The molecule has 0 amide bonds. The average molecular weight is 380 g/mol. The van der Waals surface area contributed by atoms with Crippen molar-refractivity contribution in [2.45, 2.75) is 32.3 Å². The first-order valence-electron chi connectivity index (χ1n) is 7.19. The second kappa shape index (κ2) is 8.42. The van der Waals surface area contributed by atoms with Crippen LogP contribution in [0.4, 0.5) is 11.9 Å². The number of rotatable bonds is 7. The molecule has 0 saturated heterocycles. The molecule has 0 unspecified atom stereocenters. The van der Waals surface area contributed by atoms with Crippen LogP contribution >= 0.6 is 15.9 Å². The number of hydrogen-bond acceptors (Lipinski definition) is 7. The van der Waals surface area contributed by atoms with E-state index in [2.05, 4.69) is 43.0 Å². The van der Waals surface area contributed by atoms with Crippen LogP contribution < -0.4 is 11.5 Å². The van der Waals surface area contributed by atoms with Gasteiger partial charge in [-0.2, -0.15) is 15.0 Å². The Balaban J connectivity index is 1.66. The Morgan fingerprint density at radius 2 is 1.70 bits per heavy atom. The van der Waals surface area contributed by atoms with Gasteiger partial charge in [0.25, 0.3) is 0 Å². The summed E-state index contributed by atoms with van der Waals surface area (Å²) in [5.74, 6) is -0.0207. The third-order valence-corrected chi connectivity index (χ3v) is 3.62. The molecule has 0 atom stereocenters. The second-order valence-electron chi connectivity index (χ2n) is 4.96. The minimum absolute atomic E-state index is 0.0121. The molecule has 0 aliphatic rings. The van der Waals surface area contributed by atoms with Gasteiger partial charge in [-0.1, -0.05) is 28.1 Å². The number of halogens is 1. The highest BCUT2D eigenvalue weighted by atomic mass is 79.9. The molecule has 0 spiro atoms. The molecule has 122 valence electrons. The van der Waals surface area contributed by atoms with E-state index < -0.39 is 0 Å². The largest absolute Gasteiger partial charge is 0.457 e. The molecular weight excluding hydrogens is 362 g/mol. The Bertz CT molecular complexity index is 643. The lowest BCUT2D eigenvalue weighted by atomic mass is 10.1. The molecule has 7 nitrogen and oxygen atoms in total. The molecule has 4 N–H and O–H groups in total. The molecule has 0 saturated carbocycles. The van der Waals surface area contributed by atoms with Gasteiger partial charge in [0.05, 0.1) is 0 Å². The van der Waals surface area contributed by atoms with E-state index in [-0.39, 0.29) is 30.3 Å². The first-order valence-corrected chi connectivity index (χ1v) is 7.98. The topological polar surface area (TPSA) is 117 Å². The van der Waals surface area contributed by atoms with Crippen molar-refractivity contribution in [1.29, 1.82) is 0 Å². The summed E-state index contributed by atoms with van der Waals surface area (Å²) in [7, 11) is 0. The third kappa shape index (κ3) is 6.19. The Morgan fingerprint density at radius 3 is 2.35 bits per heavy atom. The predicted molar refractivity (Wildman–Crippen MR) is 90.1 cm³/mol. The molecule has 0 fully saturated rings. The molecule has 23 heavy (non-hydrogen) atoms. The van der Waals surface area contributed by atoms with Gasteiger partial charge in [0, 0.05) is 10.9 Å². The van der Waals surface area contributed by atoms with Crippen molar-refractivity contribution in [3.8, 4) is 0 Å². The number of nitrogen functional groups attached to an aromatic ring is 2. The van der Waals surface area contributed by atoms with Gasteiger partial charge in [-0.15, -0.1) is 0 Å². The Hall–Kier alpha value is -2.22. The van der Waals surface area contributed by atoms with Crippen LogP contribution in [0, 0.1) is 0 Å². The lowest BCUT2D eigenvalue weighted by molar-refractivity contribution is -0.145. The smallest absolute Gasteiger partial charge is 0.306 e. The molecule has 8 heteroatoms. The summed E-state index contributed by atoms with van der Waals surface area (Å²) >= 11 is 3.40. The monoisotopic (exact) mass is 379 g/mol. The number of esters is 1. The van der Waals surface area contributed by atoms with Gasteiger partial charge in [0.15, 0.2) is 12.4 Å². The van der Waals surface area contributed by atoms with Crippen molar-refractivity contribution in [3.63, 3.8) is 0 Å². The van der Waals surface area contributed by atoms with Gasteiger partial charge in [-0.05, 0) is 37.0 Å². The number of unbranched alkanes of at least 4 members (excludes halogenated alkanes) is 1. The molecule has 1 aromatic heterocycles. The van der Waals surface area contributed by atoms with Crippen LogP contribution in [0.5, 0.6) is 0 Å². The number of carbonyl (C=O) groups is 1. The van der Waals surface area contributed by atoms with E-state index in [0.717, 1.165) is 23.7 Å². The number of carbonyl (C=O) groups excluding carboxylic acids is 1. The zero-order chi connectivity index (χ0) is 16.7. The summed E-state index contributed by atoms with van der Waals surface area (Å²) in [5.41, 5.74) is 12.1. The molecule has 1 heterocycles. The highest BCUT2D eigenvalue weighted by molar-refractivity contribution is 9.10. The van der Waals surface area contributed by atoms with E-state index in [0.29, 0.717) is 6.42 Å². The van der Waals surface area contributed by atoms with Crippen LogP contribution in [-0.2, 0) is 22.6 Å². The minimum atomic E-state index is -0.293. The number of nitrogens with zero attached hydrogens (tertiary/aromatic N) is 3. The van der Waals surface area contributed by atoms with Crippen molar-refractivity contribution >= 4 is 33.8 Å². The molecule has 1 aromatic carbocycles. The fraction of sp³-hybridized carbons (Fsp3) is 0.333. The predicted octanol–water partition coefficient (Wildman–Crippen LogP) is 2.25. The summed E-state index contributed by atoms with van der Waals surface area (Å²) in [6.07, 6.45) is 2.96. The van der Waals surface area contributed by atoms with Crippen molar-refractivity contribution < 1.29 is 9.53 Å². The number of aromatic nitrogens is 3. The number of nitrogens with two attached hydrogens (primary N) is 2. The molecule has 0 bridgehead atoms.